The van der Waals surface area contributed by atoms with Crippen LogP contribution in [0.5, 0.6) is 0 Å². The van der Waals surface area contributed by atoms with Gasteiger partial charge in [-0.15, -0.1) is 3.89 Å². The Bertz CT molecular complexity index is 1220. The number of aliphatic hydroxyl groups is 2. The van der Waals surface area contributed by atoms with Gasteiger partial charge in [0.2, 0.25) is 0 Å². The van der Waals surface area contributed by atoms with Crippen LogP contribution >= 0.6 is 0 Å². The highest BCUT2D eigenvalue weighted by Gasteiger charge is 2.29. The van der Waals surface area contributed by atoms with Crippen molar-refractivity contribution in [3.8, 4) is 11.1 Å². The molecule has 172 valence electrons. The van der Waals surface area contributed by atoms with Crippen molar-refractivity contribution in [3.63, 3.8) is 0 Å². The zero-order valence-electron chi connectivity index (χ0n) is 17.4. The monoisotopic (exact) mass is 471 g/mol. The SMILES string of the molecule is O=C(NCC(O)C(O)c1ccc(S(=O)(=O)F)cc1)OCC1c2ccccc2-c2ccccc21. The Morgan fingerprint density at radius 3 is 2.03 bits per heavy atom. The lowest BCUT2D eigenvalue weighted by atomic mass is 9.98. The van der Waals surface area contributed by atoms with Gasteiger partial charge < -0.3 is 20.3 Å². The van der Waals surface area contributed by atoms with Crippen LogP contribution in [0.3, 0.4) is 0 Å². The Morgan fingerprint density at radius 1 is 0.939 bits per heavy atom. The number of benzene rings is 3. The fraction of sp³-hybridized carbons (Fsp3) is 0.208. The highest BCUT2D eigenvalue weighted by Crippen LogP contribution is 2.44. The van der Waals surface area contributed by atoms with Crippen molar-refractivity contribution in [3.05, 3.63) is 89.5 Å². The average Bonchev–Trinajstić information content (AvgIpc) is 3.14. The molecule has 0 heterocycles. The fourth-order valence-electron chi connectivity index (χ4n) is 4.00. The summed E-state index contributed by atoms with van der Waals surface area (Å²) in [6, 6.07) is 20.2. The lowest BCUT2D eigenvalue weighted by molar-refractivity contribution is 0.0185. The summed E-state index contributed by atoms with van der Waals surface area (Å²) in [5.74, 6) is -0.107. The topological polar surface area (TPSA) is 113 Å². The number of hydrogen-bond acceptors (Lipinski definition) is 6. The molecule has 0 spiro atoms. The summed E-state index contributed by atoms with van der Waals surface area (Å²) in [4.78, 5) is 11.7. The third-order valence-electron chi connectivity index (χ3n) is 5.67. The molecule has 3 aromatic rings. The minimum absolute atomic E-state index is 0.107. The van der Waals surface area contributed by atoms with Gasteiger partial charge in [0.15, 0.2) is 0 Å². The van der Waals surface area contributed by atoms with Crippen molar-refractivity contribution in [1.29, 1.82) is 0 Å². The van der Waals surface area contributed by atoms with Crippen LogP contribution in [-0.4, -0.2) is 44.0 Å². The van der Waals surface area contributed by atoms with Crippen molar-refractivity contribution in [2.24, 2.45) is 0 Å². The quantitative estimate of drug-likeness (QED) is 0.456. The standard InChI is InChI=1S/C24H22FNO6S/c25-33(30,31)16-11-9-15(10-12-16)23(28)22(27)13-26-24(29)32-14-21-19-7-3-1-5-17(19)18-6-2-4-8-20(18)21/h1-12,21-23,27-28H,13-14H2,(H,26,29). The number of amides is 1. The van der Waals surface area contributed by atoms with Crippen molar-refractivity contribution >= 4 is 16.3 Å². The lowest BCUT2D eigenvalue weighted by Crippen LogP contribution is -2.36. The van der Waals surface area contributed by atoms with Gasteiger partial charge in [-0.25, -0.2) is 4.79 Å². The first-order chi connectivity index (χ1) is 15.8. The Kier molecular flexibility index (Phi) is 6.46. The van der Waals surface area contributed by atoms with E-state index in [9.17, 15) is 27.3 Å². The van der Waals surface area contributed by atoms with Crippen molar-refractivity contribution in [2.45, 2.75) is 23.0 Å². The number of carbonyl (C=O) groups excluding carboxylic acids is 1. The van der Waals surface area contributed by atoms with Crippen LogP contribution < -0.4 is 5.32 Å². The number of hydrogen-bond donors (Lipinski definition) is 3. The number of ether oxygens (including phenoxy) is 1. The maximum Gasteiger partial charge on any atom is 0.407 e. The Balaban J connectivity index is 1.33. The average molecular weight is 472 g/mol. The molecule has 0 fully saturated rings. The molecule has 1 amide bonds. The fourth-order valence-corrected chi connectivity index (χ4v) is 4.46. The van der Waals surface area contributed by atoms with E-state index in [2.05, 4.69) is 5.32 Å². The van der Waals surface area contributed by atoms with Crippen molar-refractivity contribution < 1.29 is 32.0 Å². The van der Waals surface area contributed by atoms with Gasteiger partial charge in [-0.3, -0.25) is 0 Å². The Morgan fingerprint density at radius 2 is 1.48 bits per heavy atom. The summed E-state index contributed by atoms with van der Waals surface area (Å²) in [5.41, 5.74) is 4.52. The number of nitrogens with one attached hydrogen (secondary N) is 1. The number of fused-ring (bicyclic) bond motifs is 3. The zero-order chi connectivity index (χ0) is 23.6. The molecule has 7 nitrogen and oxygen atoms in total. The third-order valence-corrected chi connectivity index (χ3v) is 6.50. The third kappa shape index (κ3) is 4.90. The molecule has 2 unspecified atom stereocenters. The van der Waals surface area contributed by atoms with Crippen LogP contribution in [0.25, 0.3) is 11.1 Å². The van der Waals surface area contributed by atoms with E-state index < -0.39 is 33.4 Å². The molecule has 0 saturated carbocycles. The summed E-state index contributed by atoms with van der Waals surface area (Å²) in [6.45, 7) is -0.196. The maximum absolute atomic E-state index is 13.0. The van der Waals surface area contributed by atoms with Crippen LogP contribution in [-0.2, 0) is 15.0 Å². The van der Waals surface area contributed by atoms with E-state index >= 15 is 0 Å². The molecule has 0 aromatic heterocycles. The molecule has 0 aliphatic heterocycles. The molecule has 1 aliphatic rings. The predicted molar refractivity (Wildman–Crippen MR) is 119 cm³/mol. The smallest absolute Gasteiger partial charge is 0.407 e. The van der Waals surface area contributed by atoms with Gasteiger partial charge in [-0.2, -0.15) is 8.42 Å². The second kappa shape index (κ2) is 9.30. The van der Waals surface area contributed by atoms with Crippen molar-refractivity contribution in [1.82, 2.24) is 5.32 Å². The van der Waals surface area contributed by atoms with Gasteiger partial charge in [-0.05, 0) is 39.9 Å². The van der Waals surface area contributed by atoms with Gasteiger partial charge in [-0.1, -0.05) is 60.7 Å². The van der Waals surface area contributed by atoms with Gasteiger partial charge in [0.25, 0.3) is 0 Å². The largest absolute Gasteiger partial charge is 0.449 e. The van der Waals surface area contributed by atoms with E-state index in [1.54, 1.807) is 0 Å². The predicted octanol–water partition coefficient (Wildman–Crippen LogP) is 3.28. The van der Waals surface area contributed by atoms with Gasteiger partial charge in [0.05, 0.1) is 4.90 Å². The summed E-state index contributed by atoms with van der Waals surface area (Å²) < 4.78 is 40.1. The summed E-state index contributed by atoms with van der Waals surface area (Å²) in [5, 5.41) is 22.8. The van der Waals surface area contributed by atoms with Gasteiger partial charge >= 0.3 is 16.3 Å². The Labute approximate surface area is 190 Å². The molecule has 4 rings (SSSR count). The second-order valence-electron chi connectivity index (χ2n) is 7.73. The summed E-state index contributed by atoms with van der Waals surface area (Å²) in [6.07, 6.45) is -3.56. The number of alkyl carbamates (subject to hydrolysis) is 1. The van der Waals surface area contributed by atoms with Gasteiger partial charge in [0, 0.05) is 12.5 Å². The lowest BCUT2D eigenvalue weighted by Gasteiger charge is -2.19. The second-order valence-corrected chi connectivity index (χ2v) is 9.07. The van der Waals surface area contributed by atoms with Crippen LogP contribution in [0, 0.1) is 0 Å². The first kappa shape index (κ1) is 22.9. The molecule has 3 aromatic carbocycles. The summed E-state index contributed by atoms with van der Waals surface area (Å²) in [7, 11) is -4.86. The van der Waals surface area contributed by atoms with E-state index in [1.165, 1.54) is 12.1 Å². The first-order valence-electron chi connectivity index (χ1n) is 10.3. The molecule has 0 radical (unpaired) electrons. The van der Waals surface area contributed by atoms with Gasteiger partial charge in [0.1, 0.15) is 18.8 Å². The number of rotatable bonds is 7. The zero-order valence-corrected chi connectivity index (χ0v) is 18.2. The molecule has 33 heavy (non-hydrogen) atoms. The minimum Gasteiger partial charge on any atom is -0.449 e. The van der Waals surface area contributed by atoms with E-state index in [-0.39, 0.29) is 24.6 Å². The highest BCUT2D eigenvalue weighted by molar-refractivity contribution is 7.86. The highest BCUT2D eigenvalue weighted by atomic mass is 32.3. The number of aliphatic hydroxyl groups excluding tert-OH is 2. The van der Waals surface area contributed by atoms with Crippen LogP contribution in [0.2, 0.25) is 0 Å². The number of carbonyl (C=O) groups is 1. The normalized spacial score (nSPS) is 14.8. The molecule has 2 atom stereocenters. The first-order valence-corrected chi connectivity index (χ1v) is 11.6. The van der Waals surface area contributed by atoms with E-state index in [4.69, 9.17) is 4.74 Å². The minimum atomic E-state index is -4.86. The molecule has 0 bridgehead atoms. The molecule has 3 N–H and O–H groups in total. The van der Waals surface area contributed by atoms with E-state index in [1.807, 2.05) is 48.5 Å². The number of halogens is 1. The molecular weight excluding hydrogens is 449 g/mol. The molecule has 0 saturated heterocycles. The molecule has 9 heteroatoms. The molecule has 1 aliphatic carbocycles. The van der Waals surface area contributed by atoms with Crippen LogP contribution in [0.15, 0.2) is 77.7 Å². The molecular formula is C24H22FNO6S. The van der Waals surface area contributed by atoms with Crippen LogP contribution in [0.1, 0.15) is 28.7 Å². The maximum atomic E-state index is 13.0. The summed E-state index contributed by atoms with van der Waals surface area (Å²) >= 11 is 0. The van der Waals surface area contributed by atoms with E-state index in [0.717, 1.165) is 34.4 Å². The van der Waals surface area contributed by atoms with E-state index in [0.29, 0.717) is 0 Å². The Hall–Kier alpha value is -3.27. The van der Waals surface area contributed by atoms with Crippen LogP contribution in [0.4, 0.5) is 8.68 Å². The van der Waals surface area contributed by atoms with Crippen molar-refractivity contribution in [2.75, 3.05) is 13.2 Å².